The number of hydrogen-bond acceptors (Lipinski definition) is 2. The topological polar surface area (TPSA) is 3.24 Å². The summed E-state index contributed by atoms with van der Waals surface area (Å²) >= 11 is 1.88. The van der Waals surface area contributed by atoms with Gasteiger partial charge in [0.15, 0.2) is 0 Å². The minimum Gasteiger partial charge on any atom is -0.310 e. The number of fused-ring (bicyclic) bond motifs is 14. The van der Waals surface area contributed by atoms with Crippen molar-refractivity contribution in [2.75, 3.05) is 4.90 Å². The van der Waals surface area contributed by atoms with Crippen LogP contribution in [0.5, 0.6) is 0 Å². The molecule has 0 N–H and O–H groups in total. The largest absolute Gasteiger partial charge is 0.310 e. The van der Waals surface area contributed by atoms with Gasteiger partial charge in [0, 0.05) is 37.1 Å². The molecule has 1 aromatic heterocycles. The van der Waals surface area contributed by atoms with Crippen molar-refractivity contribution in [2.45, 2.75) is 56.8 Å². The van der Waals surface area contributed by atoms with Crippen LogP contribution in [0.3, 0.4) is 0 Å². The summed E-state index contributed by atoms with van der Waals surface area (Å²) in [6, 6.07) is 76.1. The number of nitrogens with zero attached hydrogens (tertiary/aromatic N) is 1. The first kappa shape index (κ1) is 38.5. The molecule has 2 heteroatoms. The fourth-order valence-corrected chi connectivity index (χ4v) is 13.3. The zero-order valence-corrected chi connectivity index (χ0v) is 38.1. The van der Waals surface area contributed by atoms with Gasteiger partial charge in [0.05, 0.1) is 11.1 Å². The van der Waals surface area contributed by atoms with E-state index < -0.39 is 5.41 Å². The molecule has 3 aliphatic carbocycles. The van der Waals surface area contributed by atoms with Crippen molar-refractivity contribution in [1.82, 2.24) is 0 Å². The monoisotopic (exact) mass is 851 g/mol. The van der Waals surface area contributed by atoms with E-state index in [0.29, 0.717) is 0 Å². The highest BCUT2D eigenvalue weighted by Crippen LogP contribution is 2.65. The van der Waals surface area contributed by atoms with Crippen LogP contribution in [0.4, 0.5) is 17.1 Å². The molecule has 0 saturated carbocycles. The Hall–Kier alpha value is -7.00. The minimum atomic E-state index is -0.486. The maximum Gasteiger partial charge on any atom is 0.0726 e. The molecule has 0 radical (unpaired) electrons. The summed E-state index contributed by atoms with van der Waals surface area (Å²) in [6.07, 6.45) is 2.30. The Labute approximate surface area is 386 Å². The van der Waals surface area contributed by atoms with Gasteiger partial charge < -0.3 is 4.90 Å². The zero-order chi connectivity index (χ0) is 43.7. The molecular formula is C63H49NS. The summed E-state index contributed by atoms with van der Waals surface area (Å²) in [6.45, 7) is 9.85. The molecule has 0 unspecified atom stereocenters. The van der Waals surface area contributed by atoms with E-state index in [0.717, 1.165) is 24.2 Å². The van der Waals surface area contributed by atoms with Crippen LogP contribution in [0.2, 0.25) is 0 Å². The predicted octanol–water partition coefficient (Wildman–Crippen LogP) is 17.6. The van der Waals surface area contributed by atoms with E-state index in [4.69, 9.17) is 0 Å². The van der Waals surface area contributed by atoms with E-state index in [-0.39, 0.29) is 10.8 Å². The Balaban J connectivity index is 1.17. The number of hydrogen-bond donors (Lipinski definition) is 0. The molecule has 10 aromatic rings. The third-order valence-corrected chi connectivity index (χ3v) is 16.5. The lowest BCUT2D eigenvalue weighted by Gasteiger charge is -2.43. The zero-order valence-electron chi connectivity index (χ0n) is 37.3. The second-order valence-corrected chi connectivity index (χ2v) is 20.9. The summed E-state index contributed by atoms with van der Waals surface area (Å²) in [5.41, 5.74) is 21.7. The molecule has 13 rings (SSSR count). The molecule has 1 heterocycles. The summed E-state index contributed by atoms with van der Waals surface area (Å²) in [4.78, 5) is 2.58. The van der Waals surface area contributed by atoms with Crippen LogP contribution >= 0.6 is 11.3 Å². The van der Waals surface area contributed by atoms with Crippen LogP contribution in [-0.4, -0.2) is 0 Å². The lowest BCUT2D eigenvalue weighted by Crippen LogP contribution is -2.34. The second kappa shape index (κ2) is 14.0. The number of benzene rings is 9. The number of rotatable bonds is 5. The van der Waals surface area contributed by atoms with Gasteiger partial charge in [-0.3, -0.25) is 0 Å². The normalized spacial score (nSPS) is 15.6. The molecule has 0 saturated heterocycles. The molecule has 0 aliphatic heterocycles. The highest BCUT2D eigenvalue weighted by molar-refractivity contribution is 7.25. The van der Waals surface area contributed by atoms with Crippen molar-refractivity contribution in [3.05, 3.63) is 234 Å². The van der Waals surface area contributed by atoms with Crippen molar-refractivity contribution >= 4 is 48.6 Å². The molecule has 65 heavy (non-hydrogen) atoms. The molecule has 0 bridgehead atoms. The average Bonchev–Trinajstić information content (AvgIpc) is 3.97. The maximum atomic E-state index is 2.62. The van der Waals surface area contributed by atoms with Crippen LogP contribution in [0, 0.1) is 0 Å². The smallest absolute Gasteiger partial charge is 0.0726 e. The Morgan fingerprint density at radius 2 is 0.908 bits per heavy atom. The third kappa shape index (κ3) is 5.50. The van der Waals surface area contributed by atoms with Crippen LogP contribution < -0.4 is 4.90 Å². The molecule has 1 spiro atoms. The van der Waals surface area contributed by atoms with Gasteiger partial charge in [-0.25, -0.2) is 0 Å². The van der Waals surface area contributed by atoms with Gasteiger partial charge in [0.25, 0.3) is 0 Å². The van der Waals surface area contributed by atoms with Crippen molar-refractivity contribution in [3.8, 4) is 44.5 Å². The van der Waals surface area contributed by atoms with Gasteiger partial charge in [-0.15, -0.1) is 11.3 Å². The van der Waals surface area contributed by atoms with E-state index in [9.17, 15) is 0 Å². The van der Waals surface area contributed by atoms with Gasteiger partial charge in [-0.1, -0.05) is 179 Å². The number of thiophene rings is 1. The Morgan fingerprint density at radius 1 is 0.369 bits per heavy atom. The summed E-state index contributed by atoms with van der Waals surface area (Å²) in [5, 5.41) is 2.59. The van der Waals surface area contributed by atoms with E-state index >= 15 is 0 Å². The standard InChI is InChI=1S/C63H49NS/c1-61(2)35-36-62(3,4)60-48(23-16-27-55(60)61)50-38-49-46-21-10-14-26-54(46)63(52-24-12-8-19-44(52)45-20-9-13-25-53(45)63)56(49)39-57(50)64(42-31-29-41(30-32-42)40-17-6-5-7-18-40)43-33-34-59-51(37-43)47-22-11-15-28-58(47)65-59/h5-34,37-39H,35-36H2,1-4H3. The molecule has 0 atom stereocenters. The quantitative estimate of drug-likeness (QED) is 0.167. The Morgan fingerprint density at radius 3 is 1.62 bits per heavy atom. The second-order valence-electron chi connectivity index (χ2n) is 19.8. The molecule has 1 nitrogen and oxygen atoms in total. The SMILES string of the molecule is CC1(C)CCC(C)(C)c2c(-c3cc4c(cc3N(c3ccc(-c5ccccc5)cc3)c3ccc5sc6ccccc6c5c3)C3(c5ccccc5-c5ccccc53)c3ccccc3-4)cccc21. The highest BCUT2D eigenvalue weighted by Gasteiger charge is 2.52. The van der Waals surface area contributed by atoms with Crippen LogP contribution in [-0.2, 0) is 16.2 Å². The van der Waals surface area contributed by atoms with Gasteiger partial charge in [-0.05, 0) is 145 Å². The summed E-state index contributed by atoms with van der Waals surface area (Å²) in [7, 11) is 0. The Kier molecular flexibility index (Phi) is 8.28. The van der Waals surface area contributed by atoms with Crippen molar-refractivity contribution in [1.29, 1.82) is 0 Å². The van der Waals surface area contributed by atoms with Crippen LogP contribution in [0.15, 0.2) is 200 Å². The first-order valence-corrected chi connectivity index (χ1v) is 24.0. The maximum absolute atomic E-state index is 2.62. The lowest BCUT2D eigenvalue weighted by molar-refractivity contribution is 0.333. The molecule has 0 amide bonds. The van der Waals surface area contributed by atoms with E-state index in [2.05, 4.69) is 233 Å². The summed E-state index contributed by atoms with van der Waals surface area (Å²) in [5.74, 6) is 0. The van der Waals surface area contributed by atoms with Gasteiger partial charge in [-0.2, -0.15) is 0 Å². The summed E-state index contributed by atoms with van der Waals surface area (Å²) < 4.78 is 2.62. The molecule has 9 aromatic carbocycles. The van der Waals surface area contributed by atoms with E-state index in [1.54, 1.807) is 0 Å². The first-order chi connectivity index (χ1) is 31.7. The minimum absolute atomic E-state index is 0.0170. The fraction of sp³-hybridized carbons (Fsp3) is 0.143. The average molecular weight is 852 g/mol. The molecule has 312 valence electrons. The molecule has 0 fully saturated rings. The van der Waals surface area contributed by atoms with Gasteiger partial charge in [0.2, 0.25) is 0 Å². The molecular weight excluding hydrogens is 803 g/mol. The van der Waals surface area contributed by atoms with Crippen LogP contribution in [0.1, 0.15) is 73.9 Å². The van der Waals surface area contributed by atoms with E-state index in [1.807, 2.05) is 11.3 Å². The Bertz CT molecular complexity index is 3500. The predicted molar refractivity (Wildman–Crippen MR) is 276 cm³/mol. The molecule has 3 aliphatic rings. The fourth-order valence-electron chi connectivity index (χ4n) is 12.2. The van der Waals surface area contributed by atoms with Crippen molar-refractivity contribution < 1.29 is 0 Å². The third-order valence-electron chi connectivity index (χ3n) is 15.3. The highest BCUT2D eigenvalue weighted by atomic mass is 32.1. The van der Waals surface area contributed by atoms with Crippen LogP contribution in [0.25, 0.3) is 64.7 Å². The van der Waals surface area contributed by atoms with Gasteiger partial charge in [0.1, 0.15) is 0 Å². The first-order valence-electron chi connectivity index (χ1n) is 23.2. The van der Waals surface area contributed by atoms with Crippen molar-refractivity contribution in [2.24, 2.45) is 0 Å². The van der Waals surface area contributed by atoms with E-state index in [1.165, 1.54) is 104 Å². The van der Waals surface area contributed by atoms with Gasteiger partial charge >= 0.3 is 0 Å². The van der Waals surface area contributed by atoms with Crippen molar-refractivity contribution in [3.63, 3.8) is 0 Å². The lowest BCUT2D eigenvalue weighted by atomic mass is 9.61. The number of anilines is 3.